The highest BCUT2D eigenvalue weighted by atomic mass is 14.7. The van der Waals surface area contributed by atoms with Crippen LogP contribution in [-0.2, 0) is 0 Å². The van der Waals surface area contributed by atoms with Gasteiger partial charge in [0, 0.05) is 17.0 Å². The van der Waals surface area contributed by atoms with Gasteiger partial charge in [-0.1, -0.05) is 66.2 Å². The third-order valence-corrected chi connectivity index (χ3v) is 4.44. The first-order chi connectivity index (χ1) is 11.2. The molecular weight excluding hydrogens is 278 g/mol. The zero-order valence-electron chi connectivity index (χ0n) is 13.4. The van der Waals surface area contributed by atoms with Crippen molar-refractivity contribution in [2.75, 3.05) is 0 Å². The fraction of sp³-hybridized carbons (Fsp3) is 0.0909. The molecule has 0 aliphatic heterocycles. The summed E-state index contributed by atoms with van der Waals surface area (Å²) in [5.41, 5.74) is 7.42. The maximum absolute atomic E-state index is 3.53. The van der Waals surface area contributed by atoms with Crippen LogP contribution in [0.25, 0.3) is 33.2 Å². The van der Waals surface area contributed by atoms with Gasteiger partial charge in [0.25, 0.3) is 0 Å². The summed E-state index contributed by atoms with van der Waals surface area (Å²) in [4.78, 5) is 3.53. The average Bonchev–Trinajstić information content (AvgIpc) is 2.97. The van der Waals surface area contributed by atoms with Crippen molar-refractivity contribution in [3.63, 3.8) is 0 Å². The van der Waals surface area contributed by atoms with Gasteiger partial charge in [0.05, 0.1) is 0 Å². The van der Waals surface area contributed by atoms with Crippen molar-refractivity contribution in [3.8, 4) is 22.4 Å². The topological polar surface area (TPSA) is 15.8 Å². The molecule has 1 nitrogen and oxygen atoms in total. The Balaban J connectivity index is 1.80. The predicted molar refractivity (Wildman–Crippen MR) is 98.6 cm³/mol. The third kappa shape index (κ3) is 2.55. The molecule has 0 radical (unpaired) electrons. The molecule has 0 saturated carbocycles. The summed E-state index contributed by atoms with van der Waals surface area (Å²) in [5, 5.41) is 2.56. The Hall–Kier alpha value is -2.80. The first-order valence-corrected chi connectivity index (χ1v) is 7.96. The SMILES string of the molecule is Cc1ccc(-c2cc(-c3ccc4ccccc4c3)c(C)[nH]2)cc1. The van der Waals surface area contributed by atoms with Gasteiger partial charge in [-0.15, -0.1) is 0 Å². The van der Waals surface area contributed by atoms with Crippen molar-refractivity contribution < 1.29 is 0 Å². The van der Waals surface area contributed by atoms with Gasteiger partial charge in [-0.2, -0.15) is 0 Å². The van der Waals surface area contributed by atoms with Crippen molar-refractivity contribution in [2.45, 2.75) is 13.8 Å². The van der Waals surface area contributed by atoms with E-state index in [9.17, 15) is 0 Å². The third-order valence-electron chi connectivity index (χ3n) is 4.44. The minimum Gasteiger partial charge on any atom is -0.358 e. The number of benzene rings is 3. The molecule has 23 heavy (non-hydrogen) atoms. The van der Waals surface area contributed by atoms with E-state index in [1.807, 2.05) is 0 Å². The lowest BCUT2D eigenvalue weighted by Gasteiger charge is -2.03. The largest absolute Gasteiger partial charge is 0.358 e. The van der Waals surface area contributed by atoms with Crippen LogP contribution in [0, 0.1) is 13.8 Å². The van der Waals surface area contributed by atoms with Crippen LogP contribution in [0.5, 0.6) is 0 Å². The number of rotatable bonds is 2. The van der Waals surface area contributed by atoms with Crippen molar-refractivity contribution in [1.82, 2.24) is 4.98 Å². The second-order valence-corrected chi connectivity index (χ2v) is 6.15. The summed E-state index contributed by atoms with van der Waals surface area (Å²) in [5.74, 6) is 0. The van der Waals surface area contributed by atoms with Crippen LogP contribution in [0.4, 0.5) is 0 Å². The fourth-order valence-corrected chi connectivity index (χ4v) is 3.10. The Morgan fingerprint density at radius 1 is 0.652 bits per heavy atom. The molecule has 0 aliphatic rings. The van der Waals surface area contributed by atoms with Gasteiger partial charge >= 0.3 is 0 Å². The van der Waals surface area contributed by atoms with Crippen LogP contribution in [0.2, 0.25) is 0 Å². The highest BCUT2D eigenvalue weighted by Gasteiger charge is 2.09. The minimum atomic E-state index is 1.17. The van der Waals surface area contributed by atoms with Gasteiger partial charge in [-0.25, -0.2) is 0 Å². The molecule has 0 saturated heterocycles. The van der Waals surface area contributed by atoms with Crippen LogP contribution in [-0.4, -0.2) is 4.98 Å². The Labute approximate surface area is 136 Å². The monoisotopic (exact) mass is 297 g/mol. The number of aryl methyl sites for hydroxylation is 2. The lowest BCUT2D eigenvalue weighted by molar-refractivity contribution is 1.27. The van der Waals surface area contributed by atoms with Crippen LogP contribution < -0.4 is 0 Å². The lowest BCUT2D eigenvalue weighted by atomic mass is 10.0. The van der Waals surface area contributed by atoms with Crippen LogP contribution in [0.3, 0.4) is 0 Å². The summed E-state index contributed by atoms with van der Waals surface area (Å²) in [6.07, 6.45) is 0. The van der Waals surface area contributed by atoms with E-state index in [1.54, 1.807) is 0 Å². The van der Waals surface area contributed by atoms with Crippen LogP contribution >= 0.6 is 0 Å². The molecule has 1 N–H and O–H groups in total. The molecule has 0 unspecified atom stereocenters. The van der Waals surface area contributed by atoms with Gasteiger partial charge in [-0.3, -0.25) is 0 Å². The molecule has 0 spiro atoms. The molecule has 1 heterocycles. The molecule has 3 aromatic carbocycles. The van der Waals surface area contributed by atoms with Crippen molar-refractivity contribution in [3.05, 3.63) is 84.1 Å². The second kappa shape index (κ2) is 5.44. The zero-order valence-corrected chi connectivity index (χ0v) is 13.4. The molecule has 0 atom stereocenters. The standard InChI is InChI=1S/C22H19N/c1-15-7-9-18(10-8-15)22-14-21(16(2)23-22)20-12-11-17-5-3-4-6-19(17)13-20/h3-14,23H,1-2H3. The fourth-order valence-electron chi connectivity index (χ4n) is 3.10. The second-order valence-electron chi connectivity index (χ2n) is 6.15. The molecule has 0 amide bonds. The number of aromatic amines is 1. The number of aromatic nitrogens is 1. The Morgan fingerprint density at radius 3 is 2.13 bits per heavy atom. The molecule has 4 aromatic rings. The van der Waals surface area contributed by atoms with Gasteiger partial charge in [-0.05, 0) is 47.9 Å². The van der Waals surface area contributed by atoms with E-state index in [1.165, 1.54) is 44.4 Å². The van der Waals surface area contributed by atoms with Crippen molar-refractivity contribution in [2.24, 2.45) is 0 Å². The summed E-state index contributed by atoms with van der Waals surface area (Å²) >= 11 is 0. The smallest absolute Gasteiger partial charge is 0.0462 e. The van der Waals surface area contributed by atoms with Gasteiger partial charge in [0.2, 0.25) is 0 Å². The van der Waals surface area contributed by atoms with E-state index in [0.717, 1.165) is 0 Å². The normalized spacial score (nSPS) is 11.0. The Kier molecular flexibility index (Phi) is 3.27. The van der Waals surface area contributed by atoms with E-state index in [2.05, 4.69) is 91.6 Å². The predicted octanol–water partition coefficient (Wildman–Crippen LogP) is 6.12. The highest BCUT2D eigenvalue weighted by molar-refractivity contribution is 5.88. The van der Waals surface area contributed by atoms with E-state index < -0.39 is 0 Å². The van der Waals surface area contributed by atoms with E-state index in [0.29, 0.717) is 0 Å². The van der Waals surface area contributed by atoms with Gasteiger partial charge in [0.15, 0.2) is 0 Å². The number of hydrogen-bond donors (Lipinski definition) is 1. The lowest BCUT2D eigenvalue weighted by Crippen LogP contribution is -1.80. The van der Waals surface area contributed by atoms with Crippen LogP contribution in [0.1, 0.15) is 11.3 Å². The summed E-state index contributed by atoms with van der Waals surface area (Å²) in [7, 11) is 0. The molecular formula is C22H19N. The first-order valence-electron chi connectivity index (χ1n) is 7.96. The summed E-state index contributed by atoms with van der Waals surface area (Å²) < 4.78 is 0. The minimum absolute atomic E-state index is 1.17. The molecule has 1 aromatic heterocycles. The molecule has 0 bridgehead atoms. The van der Waals surface area contributed by atoms with Crippen molar-refractivity contribution >= 4 is 10.8 Å². The van der Waals surface area contributed by atoms with E-state index >= 15 is 0 Å². The molecule has 4 rings (SSSR count). The van der Waals surface area contributed by atoms with E-state index in [4.69, 9.17) is 0 Å². The molecule has 0 aliphatic carbocycles. The number of H-pyrrole nitrogens is 1. The Bertz CT molecular complexity index is 974. The maximum Gasteiger partial charge on any atom is 0.0462 e. The average molecular weight is 297 g/mol. The molecule has 112 valence electrons. The van der Waals surface area contributed by atoms with Crippen molar-refractivity contribution in [1.29, 1.82) is 0 Å². The number of nitrogens with one attached hydrogen (secondary N) is 1. The number of hydrogen-bond acceptors (Lipinski definition) is 0. The van der Waals surface area contributed by atoms with Gasteiger partial charge in [0.1, 0.15) is 0 Å². The Morgan fingerprint density at radius 2 is 1.35 bits per heavy atom. The zero-order chi connectivity index (χ0) is 15.8. The summed E-state index contributed by atoms with van der Waals surface area (Å²) in [6.45, 7) is 4.26. The first kappa shape index (κ1) is 13.8. The van der Waals surface area contributed by atoms with E-state index in [-0.39, 0.29) is 0 Å². The maximum atomic E-state index is 3.53. The molecule has 1 heteroatoms. The van der Waals surface area contributed by atoms with Crippen LogP contribution in [0.15, 0.2) is 72.8 Å². The quantitative estimate of drug-likeness (QED) is 0.459. The number of fused-ring (bicyclic) bond motifs is 1. The summed E-state index contributed by atoms with van der Waals surface area (Å²) in [6, 6.07) is 26.1. The van der Waals surface area contributed by atoms with Gasteiger partial charge < -0.3 is 4.98 Å². The highest BCUT2D eigenvalue weighted by Crippen LogP contribution is 2.31. The molecule has 0 fully saturated rings.